The van der Waals surface area contributed by atoms with Gasteiger partial charge in [-0.1, -0.05) is 12.1 Å². The van der Waals surface area contributed by atoms with Gasteiger partial charge in [0.25, 0.3) is 11.6 Å². The van der Waals surface area contributed by atoms with Crippen LogP contribution in [0.4, 0.5) is 5.69 Å². The Hall–Kier alpha value is -3.72. The number of benzene rings is 2. The first kappa shape index (κ1) is 22.5. The van der Waals surface area contributed by atoms with Crippen LogP contribution in [0.1, 0.15) is 24.1 Å². The number of hydrogen-bond acceptors (Lipinski definition) is 7. The summed E-state index contributed by atoms with van der Waals surface area (Å²) >= 11 is 0. The van der Waals surface area contributed by atoms with Crippen molar-refractivity contribution in [1.29, 1.82) is 0 Å². The number of methoxy groups -OCH3 is 1. The summed E-state index contributed by atoms with van der Waals surface area (Å²) in [4.78, 5) is 33.4. The Labute approximate surface area is 192 Å². The largest absolute Gasteiger partial charge is 0.497 e. The van der Waals surface area contributed by atoms with Crippen LogP contribution < -0.4 is 10.1 Å². The van der Waals surface area contributed by atoms with E-state index in [4.69, 9.17) is 9.73 Å². The fraction of sp³-hybridized carbons (Fsp3) is 0.333. The predicted molar refractivity (Wildman–Crippen MR) is 125 cm³/mol. The Morgan fingerprint density at radius 3 is 2.48 bits per heavy atom. The van der Waals surface area contributed by atoms with Crippen LogP contribution in [0.15, 0.2) is 64.8 Å². The smallest absolute Gasteiger partial charge is 0.269 e. The molecule has 0 saturated carbocycles. The summed E-state index contributed by atoms with van der Waals surface area (Å²) in [6.07, 6.45) is 0. The lowest BCUT2D eigenvalue weighted by Crippen LogP contribution is -2.49. The third kappa shape index (κ3) is 4.73. The summed E-state index contributed by atoms with van der Waals surface area (Å²) < 4.78 is 5.24. The highest BCUT2D eigenvalue weighted by Crippen LogP contribution is 2.34. The molecule has 0 radical (unpaired) electrons. The molecule has 1 saturated heterocycles. The number of non-ortho nitro benzene ring substituents is 1. The van der Waals surface area contributed by atoms with Crippen molar-refractivity contribution in [3.63, 3.8) is 0 Å². The lowest BCUT2D eigenvalue weighted by molar-refractivity contribution is -0.384. The molecule has 1 unspecified atom stereocenters. The normalized spacial score (nSPS) is 19.1. The zero-order valence-corrected chi connectivity index (χ0v) is 18.9. The number of amidine groups is 1. The highest BCUT2D eigenvalue weighted by molar-refractivity contribution is 6.04. The van der Waals surface area contributed by atoms with Gasteiger partial charge in [0.1, 0.15) is 17.6 Å². The Kier molecular flexibility index (Phi) is 6.41. The van der Waals surface area contributed by atoms with Crippen molar-refractivity contribution >= 4 is 17.4 Å². The molecule has 1 atom stereocenters. The number of nitrogens with one attached hydrogen (secondary N) is 1. The molecule has 0 aliphatic carbocycles. The highest BCUT2D eigenvalue weighted by atomic mass is 16.6. The summed E-state index contributed by atoms with van der Waals surface area (Å²) in [7, 11) is 3.64. The van der Waals surface area contributed by atoms with Gasteiger partial charge in [-0.05, 0) is 43.8 Å². The van der Waals surface area contributed by atoms with Crippen molar-refractivity contribution in [2.75, 3.05) is 40.3 Å². The molecule has 2 aliphatic rings. The molecule has 172 valence electrons. The van der Waals surface area contributed by atoms with Crippen molar-refractivity contribution < 1.29 is 14.5 Å². The first-order valence-electron chi connectivity index (χ1n) is 10.8. The predicted octanol–water partition coefficient (Wildman–Crippen LogP) is 2.74. The number of likely N-dealkylation sites (N-methyl/N-ethyl adjacent to an activating group) is 1. The van der Waals surface area contributed by atoms with Crippen LogP contribution in [0.25, 0.3) is 0 Å². The van der Waals surface area contributed by atoms with E-state index in [1.54, 1.807) is 19.2 Å². The van der Waals surface area contributed by atoms with Gasteiger partial charge >= 0.3 is 0 Å². The molecule has 4 rings (SSSR count). The summed E-state index contributed by atoms with van der Waals surface area (Å²) in [6, 6.07) is 13.1. The molecule has 1 amide bonds. The Morgan fingerprint density at radius 2 is 1.85 bits per heavy atom. The molecule has 2 aliphatic heterocycles. The van der Waals surface area contributed by atoms with E-state index in [0.29, 0.717) is 35.8 Å². The van der Waals surface area contributed by atoms with Crippen molar-refractivity contribution in [2.45, 2.75) is 13.0 Å². The third-order valence-electron chi connectivity index (χ3n) is 6.02. The van der Waals surface area contributed by atoms with Crippen molar-refractivity contribution in [3.8, 4) is 5.75 Å². The van der Waals surface area contributed by atoms with E-state index < -0.39 is 11.0 Å². The molecule has 2 aromatic carbocycles. The van der Waals surface area contributed by atoms with Crippen LogP contribution in [0.3, 0.4) is 0 Å². The number of ether oxygens (including phenoxy) is 1. The second-order valence-electron chi connectivity index (χ2n) is 8.22. The zero-order valence-electron chi connectivity index (χ0n) is 18.9. The van der Waals surface area contributed by atoms with Gasteiger partial charge in [-0.2, -0.15) is 0 Å². The first-order valence-corrected chi connectivity index (χ1v) is 10.8. The van der Waals surface area contributed by atoms with Crippen molar-refractivity contribution in [1.82, 2.24) is 15.1 Å². The average molecular weight is 450 g/mol. The fourth-order valence-corrected chi connectivity index (χ4v) is 4.08. The van der Waals surface area contributed by atoms with E-state index in [1.807, 2.05) is 43.1 Å². The van der Waals surface area contributed by atoms with Crippen molar-refractivity contribution in [2.24, 2.45) is 4.99 Å². The molecule has 1 N–H and O–H groups in total. The molecule has 2 aromatic rings. The number of rotatable bonds is 5. The first-order chi connectivity index (χ1) is 15.9. The molecule has 9 nitrogen and oxygen atoms in total. The van der Waals surface area contributed by atoms with Crippen LogP contribution in [-0.2, 0) is 4.79 Å². The Bertz CT molecular complexity index is 1120. The van der Waals surface area contributed by atoms with Gasteiger partial charge in [-0.25, -0.2) is 0 Å². The van der Waals surface area contributed by atoms with Gasteiger partial charge in [0.2, 0.25) is 0 Å². The summed E-state index contributed by atoms with van der Waals surface area (Å²) in [6.45, 7) is 4.71. The lowest BCUT2D eigenvalue weighted by Gasteiger charge is -2.35. The van der Waals surface area contributed by atoms with Gasteiger partial charge in [-0.15, -0.1) is 0 Å². The summed E-state index contributed by atoms with van der Waals surface area (Å²) in [5.41, 5.74) is 2.61. The molecular weight excluding hydrogens is 422 g/mol. The monoisotopic (exact) mass is 449 g/mol. The lowest BCUT2D eigenvalue weighted by atomic mass is 9.93. The number of amides is 1. The number of aliphatic imine (C=N–C) groups is 1. The van der Waals surface area contributed by atoms with Gasteiger partial charge in [0, 0.05) is 49.6 Å². The standard InChI is InChI=1S/C24H27N5O4/c1-16-21(24(30)28-13-11-27(2)12-14-28)22(18-5-4-6-19(15-18)29(31)32)26-23(25-16)17-7-9-20(33-3)10-8-17/h4-10,15,22H,11-14H2,1-3H3,(H,25,26). The number of allylic oxidation sites excluding steroid dienone is 1. The molecule has 1 fully saturated rings. The number of carbonyl (C=O) groups is 1. The second kappa shape index (κ2) is 9.41. The summed E-state index contributed by atoms with van der Waals surface area (Å²) in [5.74, 6) is 1.23. The molecule has 9 heteroatoms. The number of carbonyl (C=O) groups excluding carboxylic acids is 1. The number of piperazine rings is 1. The van der Waals surface area contributed by atoms with E-state index in [-0.39, 0.29) is 11.6 Å². The summed E-state index contributed by atoms with van der Waals surface area (Å²) in [5, 5.41) is 14.7. The van der Waals surface area contributed by atoms with Crippen LogP contribution >= 0.6 is 0 Å². The maximum Gasteiger partial charge on any atom is 0.269 e. The van der Waals surface area contributed by atoms with E-state index in [1.165, 1.54) is 12.1 Å². The SMILES string of the molecule is COc1ccc(C2=NC(c3cccc([N+](=O)[O-])c3)C(C(=O)N3CCN(C)CC3)=C(C)N2)cc1. The minimum absolute atomic E-state index is 0.0312. The number of hydrogen-bond donors (Lipinski definition) is 1. The Morgan fingerprint density at radius 1 is 1.15 bits per heavy atom. The second-order valence-corrected chi connectivity index (χ2v) is 8.22. The van der Waals surface area contributed by atoms with Gasteiger partial charge in [0.15, 0.2) is 0 Å². The van der Waals surface area contributed by atoms with Crippen LogP contribution in [0, 0.1) is 10.1 Å². The van der Waals surface area contributed by atoms with Crippen LogP contribution in [-0.4, -0.2) is 66.8 Å². The van der Waals surface area contributed by atoms with Gasteiger partial charge in [0.05, 0.1) is 17.6 Å². The molecule has 0 aromatic heterocycles. The van der Waals surface area contributed by atoms with E-state index in [2.05, 4.69) is 10.2 Å². The quantitative estimate of drug-likeness (QED) is 0.557. The van der Waals surface area contributed by atoms with Crippen LogP contribution in [0.5, 0.6) is 5.75 Å². The van der Waals surface area contributed by atoms with Crippen molar-refractivity contribution in [3.05, 3.63) is 81.0 Å². The molecular formula is C24H27N5O4. The molecule has 0 bridgehead atoms. The number of nitro benzene ring substituents is 1. The number of nitro groups is 1. The minimum Gasteiger partial charge on any atom is -0.497 e. The third-order valence-corrected chi connectivity index (χ3v) is 6.02. The molecule has 2 heterocycles. The molecule has 0 spiro atoms. The van der Waals surface area contributed by atoms with Crippen LogP contribution in [0.2, 0.25) is 0 Å². The fourth-order valence-electron chi connectivity index (χ4n) is 4.08. The van der Waals surface area contributed by atoms with E-state index in [9.17, 15) is 14.9 Å². The molecule has 33 heavy (non-hydrogen) atoms. The topological polar surface area (TPSA) is 100 Å². The Balaban J connectivity index is 1.75. The average Bonchev–Trinajstić information content (AvgIpc) is 2.83. The highest BCUT2D eigenvalue weighted by Gasteiger charge is 2.33. The maximum absolute atomic E-state index is 13.6. The zero-order chi connectivity index (χ0) is 23.5. The van der Waals surface area contributed by atoms with E-state index in [0.717, 1.165) is 24.4 Å². The maximum atomic E-state index is 13.6. The van der Waals surface area contributed by atoms with Gasteiger partial charge in [-0.3, -0.25) is 19.9 Å². The van der Waals surface area contributed by atoms with Gasteiger partial charge < -0.3 is 19.9 Å². The van der Waals surface area contributed by atoms with E-state index >= 15 is 0 Å². The minimum atomic E-state index is -0.657. The number of nitrogens with zero attached hydrogens (tertiary/aromatic N) is 4.